The van der Waals surface area contributed by atoms with Crippen molar-refractivity contribution in [3.05, 3.63) is 23.7 Å². The lowest BCUT2D eigenvalue weighted by Crippen LogP contribution is -2.40. The fraction of sp³-hybridized carbons (Fsp3) is 0.643. The monoisotopic (exact) mass is 253 g/mol. The number of rotatable bonds is 4. The van der Waals surface area contributed by atoms with Crippen LogP contribution in [-0.4, -0.2) is 29.6 Å². The topological polar surface area (TPSA) is 42.7 Å². The van der Waals surface area contributed by atoms with E-state index in [0.29, 0.717) is 6.54 Å². The van der Waals surface area contributed by atoms with E-state index >= 15 is 0 Å². The molecular weight excluding hydrogens is 230 g/mol. The third-order valence-electron chi connectivity index (χ3n) is 2.61. The number of likely N-dealkylation sites (N-methyl/N-ethyl adjacent to an activating group) is 1. The SMILES string of the molecule is Cc1ccc(CN(C)C(C)C(=O)OC(C)(C)C)o1. The van der Waals surface area contributed by atoms with Crippen LogP contribution >= 0.6 is 0 Å². The molecule has 0 fully saturated rings. The average Bonchev–Trinajstić information content (AvgIpc) is 2.60. The first kappa shape index (κ1) is 14.8. The van der Waals surface area contributed by atoms with Gasteiger partial charge in [0.1, 0.15) is 23.2 Å². The molecule has 1 aromatic heterocycles. The number of ether oxygens (including phenoxy) is 1. The summed E-state index contributed by atoms with van der Waals surface area (Å²) in [7, 11) is 1.88. The number of carbonyl (C=O) groups excluding carboxylic acids is 1. The molecule has 0 saturated heterocycles. The lowest BCUT2D eigenvalue weighted by Gasteiger charge is -2.26. The molecule has 0 saturated carbocycles. The molecule has 102 valence electrons. The Kier molecular flexibility index (Phi) is 4.57. The molecule has 0 radical (unpaired) electrons. The molecule has 0 amide bonds. The molecule has 18 heavy (non-hydrogen) atoms. The second-order valence-electron chi connectivity index (χ2n) is 5.64. The van der Waals surface area contributed by atoms with Gasteiger partial charge in [-0.2, -0.15) is 0 Å². The van der Waals surface area contributed by atoms with Gasteiger partial charge < -0.3 is 9.15 Å². The zero-order chi connectivity index (χ0) is 13.9. The zero-order valence-corrected chi connectivity index (χ0v) is 12.1. The third kappa shape index (κ3) is 4.53. The molecule has 0 N–H and O–H groups in total. The summed E-state index contributed by atoms with van der Waals surface area (Å²) in [6.07, 6.45) is 0. The number of furan rings is 1. The van der Waals surface area contributed by atoms with Crippen LogP contribution in [-0.2, 0) is 16.1 Å². The van der Waals surface area contributed by atoms with E-state index in [4.69, 9.17) is 9.15 Å². The lowest BCUT2D eigenvalue weighted by molar-refractivity contribution is -0.160. The van der Waals surface area contributed by atoms with E-state index in [1.165, 1.54) is 0 Å². The fourth-order valence-electron chi connectivity index (χ4n) is 1.52. The van der Waals surface area contributed by atoms with E-state index in [1.54, 1.807) is 0 Å². The van der Waals surface area contributed by atoms with Crippen molar-refractivity contribution >= 4 is 5.97 Å². The number of hydrogen-bond acceptors (Lipinski definition) is 4. The first-order chi connectivity index (χ1) is 8.19. The Hall–Kier alpha value is -1.29. The van der Waals surface area contributed by atoms with Crippen molar-refractivity contribution in [1.82, 2.24) is 4.90 Å². The van der Waals surface area contributed by atoms with Gasteiger partial charge in [-0.05, 0) is 53.8 Å². The Morgan fingerprint density at radius 3 is 2.50 bits per heavy atom. The summed E-state index contributed by atoms with van der Waals surface area (Å²) >= 11 is 0. The Labute approximate surface area is 109 Å². The van der Waals surface area contributed by atoms with E-state index < -0.39 is 5.60 Å². The van der Waals surface area contributed by atoms with Crippen LogP contribution < -0.4 is 0 Å². The zero-order valence-electron chi connectivity index (χ0n) is 12.1. The quantitative estimate of drug-likeness (QED) is 0.774. The highest BCUT2D eigenvalue weighted by molar-refractivity contribution is 5.75. The Morgan fingerprint density at radius 2 is 2.06 bits per heavy atom. The second kappa shape index (κ2) is 5.57. The third-order valence-corrected chi connectivity index (χ3v) is 2.61. The standard InChI is InChI=1S/C14H23NO3/c1-10-7-8-12(17-10)9-15(6)11(2)13(16)18-14(3,4)5/h7-8,11H,9H2,1-6H3. The smallest absolute Gasteiger partial charge is 0.323 e. The predicted molar refractivity (Wildman–Crippen MR) is 70.2 cm³/mol. The summed E-state index contributed by atoms with van der Waals surface area (Å²) in [5.74, 6) is 1.52. The predicted octanol–water partition coefficient (Wildman–Crippen LogP) is 2.75. The molecule has 1 atom stereocenters. The first-order valence-corrected chi connectivity index (χ1v) is 6.17. The number of esters is 1. The minimum Gasteiger partial charge on any atom is -0.465 e. The van der Waals surface area contributed by atoms with Crippen LogP contribution in [0.4, 0.5) is 0 Å². The van der Waals surface area contributed by atoms with E-state index in [9.17, 15) is 4.79 Å². The summed E-state index contributed by atoms with van der Waals surface area (Å²) in [6, 6.07) is 3.55. The van der Waals surface area contributed by atoms with Crippen molar-refractivity contribution in [1.29, 1.82) is 0 Å². The Balaban J connectivity index is 2.55. The van der Waals surface area contributed by atoms with Crippen molar-refractivity contribution in [3.8, 4) is 0 Å². The van der Waals surface area contributed by atoms with E-state index in [0.717, 1.165) is 11.5 Å². The summed E-state index contributed by atoms with van der Waals surface area (Å²) < 4.78 is 10.8. The van der Waals surface area contributed by atoms with Gasteiger partial charge in [-0.15, -0.1) is 0 Å². The number of aryl methyl sites for hydroxylation is 1. The van der Waals surface area contributed by atoms with Gasteiger partial charge >= 0.3 is 5.97 Å². The summed E-state index contributed by atoms with van der Waals surface area (Å²) in [6.45, 7) is 9.94. The molecule has 0 aliphatic rings. The van der Waals surface area contributed by atoms with Crippen LogP contribution in [0.15, 0.2) is 16.5 Å². The van der Waals surface area contributed by atoms with Crippen LogP contribution in [0.25, 0.3) is 0 Å². The second-order valence-corrected chi connectivity index (χ2v) is 5.64. The highest BCUT2D eigenvalue weighted by Gasteiger charge is 2.25. The molecule has 0 spiro atoms. The van der Waals surface area contributed by atoms with Gasteiger partial charge in [0.05, 0.1) is 6.54 Å². The Morgan fingerprint density at radius 1 is 1.44 bits per heavy atom. The highest BCUT2D eigenvalue weighted by Crippen LogP contribution is 2.14. The van der Waals surface area contributed by atoms with Gasteiger partial charge in [-0.25, -0.2) is 0 Å². The van der Waals surface area contributed by atoms with Gasteiger partial charge in [0.2, 0.25) is 0 Å². The molecule has 0 aliphatic carbocycles. The molecule has 0 aliphatic heterocycles. The molecule has 1 aromatic rings. The molecule has 1 unspecified atom stereocenters. The van der Waals surface area contributed by atoms with Crippen LogP contribution in [0.2, 0.25) is 0 Å². The van der Waals surface area contributed by atoms with Gasteiger partial charge in [-0.1, -0.05) is 0 Å². The molecule has 4 nitrogen and oxygen atoms in total. The van der Waals surface area contributed by atoms with Crippen molar-refractivity contribution < 1.29 is 13.9 Å². The number of carbonyl (C=O) groups is 1. The normalized spacial score (nSPS) is 13.7. The van der Waals surface area contributed by atoms with E-state index in [1.807, 2.05) is 58.7 Å². The van der Waals surface area contributed by atoms with Crippen LogP contribution in [0.3, 0.4) is 0 Å². The fourth-order valence-corrected chi connectivity index (χ4v) is 1.52. The van der Waals surface area contributed by atoms with E-state index in [2.05, 4.69) is 0 Å². The van der Waals surface area contributed by atoms with Gasteiger partial charge in [-0.3, -0.25) is 9.69 Å². The molecule has 1 heterocycles. The lowest BCUT2D eigenvalue weighted by atomic mass is 10.2. The van der Waals surface area contributed by atoms with Crippen molar-refractivity contribution in [2.24, 2.45) is 0 Å². The Bertz CT molecular complexity index is 403. The maximum atomic E-state index is 11.9. The van der Waals surface area contributed by atoms with Crippen LogP contribution in [0.5, 0.6) is 0 Å². The van der Waals surface area contributed by atoms with E-state index in [-0.39, 0.29) is 12.0 Å². The minimum atomic E-state index is -0.451. The van der Waals surface area contributed by atoms with Crippen molar-refractivity contribution in [3.63, 3.8) is 0 Å². The molecule has 0 bridgehead atoms. The highest BCUT2D eigenvalue weighted by atomic mass is 16.6. The van der Waals surface area contributed by atoms with Crippen molar-refractivity contribution in [2.45, 2.75) is 52.8 Å². The summed E-state index contributed by atoms with van der Waals surface area (Å²) in [4.78, 5) is 13.8. The molecule has 1 rings (SSSR count). The maximum absolute atomic E-state index is 11.9. The van der Waals surface area contributed by atoms with Gasteiger partial charge in [0.15, 0.2) is 0 Å². The molecule has 4 heteroatoms. The van der Waals surface area contributed by atoms with Crippen molar-refractivity contribution in [2.75, 3.05) is 7.05 Å². The first-order valence-electron chi connectivity index (χ1n) is 6.17. The van der Waals surface area contributed by atoms with Crippen LogP contribution in [0.1, 0.15) is 39.2 Å². The molecule has 0 aromatic carbocycles. The summed E-state index contributed by atoms with van der Waals surface area (Å²) in [5, 5.41) is 0. The largest absolute Gasteiger partial charge is 0.465 e. The molecular formula is C14H23NO3. The average molecular weight is 253 g/mol. The number of nitrogens with zero attached hydrogens (tertiary/aromatic N) is 1. The number of hydrogen-bond donors (Lipinski definition) is 0. The maximum Gasteiger partial charge on any atom is 0.323 e. The van der Waals surface area contributed by atoms with Crippen LogP contribution in [0, 0.1) is 6.92 Å². The van der Waals surface area contributed by atoms with Gasteiger partial charge in [0.25, 0.3) is 0 Å². The van der Waals surface area contributed by atoms with Gasteiger partial charge in [0, 0.05) is 0 Å². The summed E-state index contributed by atoms with van der Waals surface area (Å²) in [5.41, 5.74) is -0.451. The minimum absolute atomic E-state index is 0.215.